The van der Waals surface area contributed by atoms with Gasteiger partial charge in [-0.1, -0.05) is 23.9 Å². The summed E-state index contributed by atoms with van der Waals surface area (Å²) in [5.74, 6) is 0.587. The molecule has 30 heavy (non-hydrogen) atoms. The van der Waals surface area contributed by atoms with Crippen LogP contribution in [0.3, 0.4) is 0 Å². The van der Waals surface area contributed by atoms with E-state index in [2.05, 4.69) is 22.6 Å². The highest BCUT2D eigenvalue weighted by molar-refractivity contribution is 14.1. The van der Waals surface area contributed by atoms with Crippen molar-refractivity contribution >= 4 is 51.2 Å². The maximum Gasteiger partial charge on any atom is 0.266 e. The van der Waals surface area contributed by atoms with Crippen LogP contribution in [-0.4, -0.2) is 45.8 Å². The van der Waals surface area contributed by atoms with Crippen LogP contribution in [0, 0.1) is 3.57 Å². The number of methoxy groups -OCH3 is 1. The van der Waals surface area contributed by atoms with Crippen molar-refractivity contribution < 1.29 is 9.53 Å². The third-order valence-corrected chi connectivity index (χ3v) is 6.54. The Labute approximate surface area is 193 Å². The molecule has 3 aromatic rings. The Hall–Kier alpha value is -2.07. The molecule has 158 valence electrons. The third-order valence-electron chi connectivity index (χ3n) is 4.83. The van der Waals surface area contributed by atoms with Crippen molar-refractivity contribution in [1.29, 1.82) is 0 Å². The molecule has 1 aromatic heterocycles. The van der Waals surface area contributed by atoms with Crippen LogP contribution in [0.2, 0.25) is 0 Å². The van der Waals surface area contributed by atoms with Crippen molar-refractivity contribution in [3.63, 3.8) is 0 Å². The van der Waals surface area contributed by atoms with Crippen LogP contribution in [0.25, 0.3) is 16.6 Å². The van der Waals surface area contributed by atoms with E-state index in [9.17, 15) is 9.59 Å². The van der Waals surface area contributed by atoms with Gasteiger partial charge in [0.15, 0.2) is 5.16 Å². The summed E-state index contributed by atoms with van der Waals surface area (Å²) in [6.45, 7) is 7.05. The number of rotatable bonds is 7. The van der Waals surface area contributed by atoms with Crippen LogP contribution in [-0.2, 0) is 4.79 Å². The minimum atomic E-state index is -0.390. The first-order valence-corrected chi connectivity index (χ1v) is 11.7. The van der Waals surface area contributed by atoms with Gasteiger partial charge in [-0.3, -0.25) is 14.2 Å². The molecule has 1 heterocycles. The number of para-hydroxylation sites is 2. The number of aromatic nitrogens is 2. The van der Waals surface area contributed by atoms with E-state index in [1.807, 2.05) is 57.2 Å². The molecule has 1 atom stereocenters. The Kier molecular flexibility index (Phi) is 7.41. The topological polar surface area (TPSA) is 64.4 Å². The summed E-state index contributed by atoms with van der Waals surface area (Å²) in [7, 11) is 1.57. The van der Waals surface area contributed by atoms with Crippen molar-refractivity contribution in [2.75, 3.05) is 20.2 Å². The van der Waals surface area contributed by atoms with Gasteiger partial charge >= 0.3 is 0 Å². The predicted molar refractivity (Wildman–Crippen MR) is 130 cm³/mol. The monoisotopic (exact) mass is 537 g/mol. The lowest BCUT2D eigenvalue weighted by atomic mass is 10.2. The number of amides is 1. The maximum atomic E-state index is 13.5. The zero-order chi connectivity index (χ0) is 21.8. The Balaban J connectivity index is 2.21. The zero-order valence-corrected chi connectivity index (χ0v) is 20.4. The quantitative estimate of drug-likeness (QED) is 0.255. The molecule has 0 bridgehead atoms. The Morgan fingerprint density at radius 1 is 1.23 bits per heavy atom. The van der Waals surface area contributed by atoms with Crippen molar-refractivity contribution in [2.24, 2.45) is 0 Å². The van der Waals surface area contributed by atoms with Gasteiger partial charge in [-0.15, -0.1) is 0 Å². The van der Waals surface area contributed by atoms with Gasteiger partial charge in [-0.25, -0.2) is 4.98 Å². The molecule has 0 spiro atoms. The number of halogens is 1. The van der Waals surface area contributed by atoms with Gasteiger partial charge in [0.2, 0.25) is 5.91 Å². The summed E-state index contributed by atoms with van der Waals surface area (Å²) >= 11 is 3.47. The molecule has 0 aliphatic rings. The van der Waals surface area contributed by atoms with Gasteiger partial charge in [0.1, 0.15) is 5.75 Å². The highest BCUT2D eigenvalue weighted by Gasteiger charge is 2.24. The molecule has 6 nitrogen and oxygen atoms in total. The molecule has 1 amide bonds. The number of carbonyl (C=O) groups is 1. The van der Waals surface area contributed by atoms with Gasteiger partial charge in [0.25, 0.3) is 5.56 Å². The lowest BCUT2D eigenvalue weighted by Gasteiger charge is -2.23. The number of ether oxygens (including phenoxy) is 1. The second-order valence-corrected chi connectivity index (χ2v) is 9.19. The smallest absolute Gasteiger partial charge is 0.266 e. The number of thioether (sulfide) groups is 1. The molecule has 0 N–H and O–H groups in total. The standard InChI is InChI=1S/C22H24IN3O3S/c1-5-25(6-2)20(27)14(3)30-22-24-17-12-11-15(23)13-16(17)21(28)26(22)18-9-7-8-10-19(18)29-4/h7-14H,5-6H2,1-4H3/t14-/m1/s1. The van der Waals surface area contributed by atoms with Gasteiger partial charge in [-0.2, -0.15) is 0 Å². The minimum absolute atomic E-state index is 0.0218. The molecule has 3 rings (SSSR count). The van der Waals surface area contributed by atoms with E-state index < -0.39 is 0 Å². The Bertz CT molecular complexity index is 1130. The molecule has 0 unspecified atom stereocenters. The van der Waals surface area contributed by atoms with E-state index in [0.717, 1.165) is 3.57 Å². The van der Waals surface area contributed by atoms with E-state index in [4.69, 9.17) is 9.72 Å². The van der Waals surface area contributed by atoms with Crippen molar-refractivity contribution in [1.82, 2.24) is 14.5 Å². The van der Waals surface area contributed by atoms with Crippen LogP contribution in [0.4, 0.5) is 0 Å². The zero-order valence-electron chi connectivity index (χ0n) is 17.4. The summed E-state index contributed by atoms with van der Waals surface area (Å²) in [6.07, 6.45) is 0. The highest BCUT2D eigenvalue weighted by Crippen LogP contribution is 2.30. The highest BCUT2D eigenvalue weighted by atomic mass is 127. The summed E-state index contributed by atoms with van der Waals surface area (Å²) < 4.78 is 8.00. The molecule has 0 aliphatic carbocycles. The van der Waals surface area contributed by atoms with E-state index in [0.29, 0.717) is 40.6 Å². The molecule has 0 saturated carbocycles. The van der Waals surface area contributed by atoms with Gasteiger partial charge < -0.3 is 9.64 Å². The molecule has 0 saturated heterocycles. The van der Waals surface area contributed by atoms with E-state index in [-0.39, 0.29) is 16.7 Å². The first-order chi connectivity index (χ1) is 14.4. The van der Waals surface area contributed by atoms with Crippen LogP contribution in [0.1, 0.15) is 20.8 Å². The summed E-state index contributed by atoms with van der Waals surface area (Å²) in [5, 5.41) is 0.602. The average molecular weight is 537 g/mol. The van der Waals surface area contributed by atoms with Crippen molar-refractivity contribution in [3.8, 4) is 11.4 Å². The van der Waals surface area contributed by atoms with Crippen molar-refractivity contribution in [3.05, 3.63) is 56.4 Å². The fraction of sp³-hybridized carbons (Fsp3) is 0.318. The molecular formula is C22H24IN3O3S. The van der Waals surface area contributed by atoms with Gasteiger partial charge in [0, 0.05) is 16.7 Å². The van der Waals surface area contributed by atoms with E-state index in [1.165, 1.54) is 11.8 Å². The number of hydrogen-bond donors (Lipinski definition) is 0. The first-order valence-electron chi connectivity index (χ1n) is 9.72. The molecular weight excluding hydrogens is 513 g/mol. The lowest BCUT2D eigenvalue weighted by molar-refractivity contribution is -0.129. The molecule has 0 aliphatic heterocycles. The second kappa shape index (κ2) is 9.82. The van der Waals surface area contributed by atoms with Crippen LogP contribution in [0.15, 0.2) is 52.4 Å². The number of nitrogens with zero attached hydrogens (tertiary/aromatic N) is 3. The number of hydrogen-bond acceptors (Lipinski definition) is 5. The lowest BCUT2D eigenvalue weighted by Crippen LogP contribution is -2.36. The van der Waals surface area contributed by atoms with E-state index >= 15 is 0 Å². The number of carbonyl (C=O) groups excluding carboxylic acids is 1. The average Bonchev–Trinajstić information content (AvgIpc) is 2.75. The molecule has 0 radical (unpaired) electrons. The maximum absolute atomic E-state index is 13.5. The normalized spacial score (nSPS) is 12.0. The third kappa shape index (κ3) is 4.49. The van der Waals surface area contributed by atoms with Crippen LogP contribution < -0.4 is 10.3 Å². The first kappa shape index (κ1) is 22.6. The fourth-order valence-corrected chi connectivity index (χ4v) is 4.74. The van der Waals surface area contributed by atoms with Gasteiger partial charge in [-0.05, 0) is 73.7 Å². The summed E-state index contributed by atoms with van der Waals surface area (Å²) in [6, 6.07) is 12.9. The number of benzene rings is 2. The fourth-order valence-electron chi connectivity index (χ4n) is 3.24. The molecule has 0 fully saturated rings. The number of fused-ring (bicyclic) bond motifs is 1. The summed E-state index contributed by atoms with van der Waals surface area (Å²) in [5.41, 5.74) is 1.02. The van der Waals surface area contributed by atoms with Crippen molar-refractivity contribution in [2.45, 2.75) is 31.2 Å². The van der Waals surface area contributed by atoms with Crippen LogP contribution in [0.5, 0.6) is 5.75 Å². The van der Waals surface area contributed by atoms with Crippen LogP contribution >= 0.6 is 34.4 Å². The molecule has 8 heteroatoms. The summed E-state index contributed by atoms with van der Waals surface area (Å²) in [4.78, 5) is 32.9. The Morgan fingerprint density at radius 3 is 2.60 bits per heavy atom. The Morgan fingerprint density at radius 2 is 1.93 bits per heavy atom. The second-order valence-electron chi connectivity index (χ2n) is 6.64. The molecule has 2 aromatic carbocycles. The van der Waals surface area contributed by atoms with Gasteiger partial charge in [0.05, 0.1) is 29.0 Å². The van der Waals surface area contributed by atoms with E-state index in [1.54, 1.807) is 22.6 Å². The SMILES string of the molecule is CCN(CC)C(=O)[C@@H](C)Sc1nc2ccc(I)cc2c(=O)n1-c1ccccc1OC. The largest absolute Gasteiger partial charge is 0.495 e. The minimum Gasteiger partial charge on any atom is -0.495 e. The predicted octanol–water partition coefficient (Wildman–Crippen LogP) is 4.35.